The Bertz CT molecular complexity index is 750. The van der Waals surface area contributed by atoms with Gasteiger partial charge in [-0.25, -0.2) is 9.97 Å². The average Bonchev–Trinajstić information content (AvgIpc) is 2.53. The Hall–Kier alpha value is -1.94. The summed E-state index contributed by atoms with van der Waals surface area (Å²) in [7, 11) is 0. The van der Waals surface area contributed by atoms with E-state index in [-0.39, 0.29) is 11.3 Å². The zero-order valence-electron chi connectivity index (χ0n) is 14.3. The van der Waals surface area contributed by atoms with Crippen molar-refractivity contribution in [3.05, 3.63) is 46.7 Å². The highest BCUT2D eigenvalue weighted by Gasteiger charge is 2.25. The Morgan fingerprint density at radius 1 is 1.25 bits per heavy atom. The predicted octanol–water partition coefficient (Wildman–Crippen LogP) is 4.12. The van der Waals surface area contributed by atoms with Gasteiger partial charge in [-0.15, -0.1) is 0 Å². The summed E-state index contributed by atoms with van der Waals surface area (Å²) < 4.78 is 0. The van der Waals surface area contributed by atoms with Crippen molar-refractivity contribution in [3.63, 3.8) is 0 Å². The van der Waals surface area contributed by atoms with E-state index < -0.39 is 0 Å². The summed E-state index contributed by atoms with van der Waals surface area (Å²) in [4.78, 5) is 23.5. The van der Waals surface area contributed by atoms with Gasteiger partial charge in [-0.1, -0.05) is 32.4 Å². The lowest BCUT2D eigenvalue weighted by molar-refractivity contribution is -0.134. The van der Waals surface area contributed by atoms with Crippen LogP contribution in [0.3, 0.4) is 0 Å². The number of carbonyl (C=O) groups excluding carboxylic acids is 1. The third-order valence-corrected chi connectivity index (χ3v) is 4.32. The van der Waals surface area contributed by atoms with E-state index in [9.17, 15) is 4.79 Å². The van der Waals surface area contributed by atoms with Crippen molar-refractivity contribution >= 4 is 17.5 Å². The molecule has 2 aromatic rings. The molecular formula is C19H22ClN3O. The lowest BCUT2D eigenvalue weighted by atomic mass is 9.91. The minimum atomic E-state index is 0.00625. The van der Waals surface area contributed by atoms with Gasteiger partial charge in [-0.3, -0.25) is 4.79 Å². The second-order valence-corrected chi connectivity index (χ2v) is 7.91. The van der Waals surface area contributed by atoms with Crippen LogP contribution in [0.2, 0.25) is 5.02 Å². The molecule has 0 fully saturated rings. The molecule has 1 aromatic carbocycles. The Kier molecular flexibility index (Phi) is 4.59. The van der Waals surface area contributed by atoms with Gasteiger partial charge in [0.15, 0.2) is 5.82 Å². The zero-order chi connectivity index (χ0) is 17.3. The molecule has 3 rings (SSSR count). The molecule has 1 aliphatic heterocycles. The number of halogens is 1. The first kappa shape index (κ1) is 16.9. The maximum absolute atomic E-state index is 12.4. The fourth-order valence-corrected chi connectivity index (χ4v) is 2.96. The molecule has 2 heterocycles. The molecule has 0 aliphatic carbocycles. The molecule has 0 spiro atoms. The second kappa shape index (κ2) is 6.52. The summed E-state index contributed by atoms with van der Waals surface area (Å²) in [5.41, 5.74) is 3.04. The number of rotatable bonds is 2. The third-order valence-electron chi connectivity index (χ3n) is 4.07. The largest absolute Gasteiger partial charge is 0.338 e. The maximum atomic E-state index is 12.4. The highest BCUT2D eigenvalue weighted by atomic mass is 35.5. The van der Waals surface area contributed by atoms with Crippen LogP contribution < -0.4 is 0 Å². The molecule has 0 bridgehead atoms. The van der Waals surface area contributed by atoms with Gasteiger partial charge in [-0.05, 0) is 29.7 Å². The molecule has 0 radical (unpaired) electrons. The number of hydrogen-bond acceptors (Lipinski definition) is 3. The first-order valence-corrected chi connectivity index (χ1v) is 8.58. The fraction of sp³-hybridized carbons (Fsp3) is 0.421. The number of nitrogens with zero attached hydrogens (tertiary/aromatic N) is 3. The van der Waals surface area contributed by atoms with E-state index in [4.69, 9.17) is 11.6 Å². The summed E-state index contributed by atoms with van der Waals surface area (Å²) in [5, 5.41) is 0.699. The van der Waals surface area contributed by atoms with Crippen molar-refractivity contribution in [2.75, 3.05) is 6.54 Å². The quantitative estimate of drug-likeness (QED) is 0.824. The predicted molar refractivity (Wildman–Crippen MR) is 95.7 cm³/mol. The highest BCUT2D eigenvalue weighted by molar-refractivity contribution is 6.30. The lowest BCUT2D eigenvalue weighted by Gasteiger charge is -2.30. The van der Waals surface area contributed by atoms with Crippen molar-refractivity contribution < 1.29 is 4.79 Å². The Morgan fingerprint density at radius 3 is 2.62 bits per heavy atom. The van der Waals surface area contributed by atoms with Crippen molar-refractivity contribution in [2.45, 2.75) is 40.2 Å². The Balaban J connectivity index is 1.77. The summed E-state index contributed by atoms with van der Waals surface area (Å²) >= 11 is 5.93. The van der Waals surface area contributed by atoms with Crippen LogP contribution in [0.4, 0.5) is 0 Å². The molecule has 1 amide bonds. The first-order chi connectivity index (χ1) is 11.3. The molecule has 0 N–H and O–H groups in total. The number of amides is 1. The number of carbonyl (C=O) groups is 1. The number of fused-ring (bicyclic) bond motifs is 1. The average molecular weight is 344 g/mol. The van der Waals surface area contributed by atoms with Gasteiger partial charge in [0.25, 0.3) is 0 Å². The number of hydrogen-bond donors (Lipinski definition) is 0. The Morgan fingerprint density at radius 2 is 1.96 bits per heavy atom. The molecule has 126 valence electrons. The molecule has 0 unspecified atom stereocenters. The molecule has 0 saturated carbocycles. The minimum Gasteiger partial charge on any atom is -0.338 e. The topological polar surface area (TPSA) is 46.1 Å². The van der Waals surface area contributed by atoms with Crippen molar-refractivity contribution in [3.8, 4) is 11.4 Å². The van der Waals surface area contributed by atoms with Crippen molar-refractivity contribution in [1.29, 1.82) is 0 Å². The van der Waals surface area contributed by atoms with Crippen LogP contribution in [-0.2, 0) is 17.8 Å². The molecule has 0 saturated heterocycles. The Labute approximate surface area is 147 Å². The van der Waals surface area contributed by atoms with Gasteiger partial charge in [0.2, 0.25) is 5.91 Å². The van der Waals surface area contributed by atoms with E-state index in [1.54, 1.807) is 0 Å². The first-order valence-electron chi connectivity index (χ1n) is 8.20. The molecule has 24 heavy (non-hydrogen) atoms. The van der Waals surface area contributed by atoms with Crippen LogP contribution in [0.15, 0.2) is 30.5 Å². The maximum Gasteiger partial charge on any atom is 0.223 e. The van der Waals surface area contributed by atoms with Crippen LogP contribution in [0.25, 0.3) is 11.4 Å². The third kappa shape index (κ3) is 3.93. The summed E-state index contributed by atoms with van der Waals surface area (Å²) in [5.74, 6) is 0.912. The molecule has 4 nitrogen and oxygen atoms in total. The van der Waals surface area contributed by atoms with Gasteiger partial charge in [-0.2, -0.15) is 0 Å². The van der Waals surface area contributed by atoms with Crippen LogP contribution in [0, 0.1) is 5.41 Å². The zero-order valence-corrected chi connectivity index (χ0v) is 15.1. The summed E-state index contributed by atoms with van der Waals surface area (Å²) in [6.07, 6.45) is 3.18. The van der Waals surface area contributed by atoms with Crippen LogP contribution >= 0.6 is 11.6 Å². The van der Waals surface area contributed by atoms with Crippen molar-refractivity contribution in [2.24, 2.45) is 5.41 Å². The summed E-state index contributed by atoms with van der Waals surface area (Å²) in [6.45, 7) is 7.59. The van der Waals surface area contributed by atoms with E-state index in [0.29, 0.717) is 23.8 Å². The van der Waals surface area contributed by atoms with E-state index in [1.807, 2.05) is 35.4 Å². The van der Waals surface area contributed by atoms with Gasteiger partial charge in [0, 0.05) is 48.3 Å². The molecule has 1 aromatic heterocycles. The minimum absolute atomic E-state index is 0.00625. The van der Waals surface area contributed by atoms with Crippen LogP contribution in [0.5, 0.6) is 0 Å². The van der Waals surface area contributed by atoms with E-state index in [1.165, 1.54) is 0 Å². The van der Waals surface area contributed by atoms with Crippen molar-refractivity contribution in [1.82, 2.24) is 14.9 Å². The fourth-order valence-electron chi connectivity index (χ4n) is 2.83. The van der Waals surface area contributed by atoms with Crippen LogP contribution in [0.1, 0.15) is 38.4 Å². The molecular weight excluding hydrogens is 322 g/mol. The normalized spacial score (nSPS) is 14.4. The summed E-state index contributed by atoms with van der Waals surface area (Å²) in [6, 6.07) is 7.53. The van der Waals surface area contributed by atoms with Crippen LogP contribution in [-0.4, -0.2) is 27.3 Å². The standard InChI is InChI=1S/C19H22ClN3O/c1-19(2,3)10-17(24)23-9-8-16-14(12-23)11-21-18(22-16)13-4-6-15(20)7-5-13/h4-7,11H,8-10,12H2,1-3H3. The number of benzene rings is 1. The highest BCUT2D eigenvalue weighted by Crippen LogP contribution is 2.25. The van der Waals surface area contributed by atoms with E-state index in [2.05, 4.69) is 30.7 Å². The lowest BCUT2D eigenvalue weighted by Crippen LogP contribution is -2.38. The van der Waals surface area contributed by atoms with Gasteiger partial charge < -0.3 is 4.90 Å². The SMILES string of the molecule is CC(C)(C)CC(=O)N1CCc2nc(-c3ccc(Cl)cc3)ncc2C1. The number of aromatic nitrogens is 2. The smallest absolute Gasteiger partial charge is 0.223 e. The van der Waals surface area contributed by atoms with Gasteiger partial charge in [0.1, 0.15) is 0 Å². The van der Waals surface area contributed by atoms with E-state index >= 15 is 0 Å². The van der Waals surface area contributed by atoms with E-state index in [0.717, 1.165) is 29.8 Å². The monoisotopic (exact) mass is 343 g/mol. The molecule has 0 atom stereocenters. The molecule has 5 heteroatoms. The second-order valence-electron chi connectivity index (χ2n) is 7.48. The molecule has 1 aliphatic rings. The van der Waals surface area contributed by atoms with Gasteiger partial charge in [0.05, 0.1) is 5.69 Å². The van der Waals surface area contributed by atoms with Gasteiger partial charge >= 0.3 is 0 Å².